The summed E-state index contributed by atoms with van der Waals surface area (Å²) in [6.07, 6.45) is 0. The molecule has 0 aliphatic rings. The van der Waals surface area contributed by atoms with Crippen LogP contribution < -0.4 is 0 Å². The van der Waals surface area contributed by atoms with Gasteiger partial charge in [-0.05, 0) is 84.9 Å². The summed E-state index contributed by atoms with van der Waals surface area (Å²) < 4.78 is 4.26. The number of hydrogen-bond donors (Lipinski definition) is 0. The normalized spacial score (nSPS) is 11.0. The number of nitriles is 4. The number of rotatable bonds is 3. The molecule has 2 heterocycles. The highest BCUT2D eigenvalue weighted by Crippen LogP contribution is 2.38. The van der Waals surface area contributed by atoms with Crippen LogP contribution in [0, 0.1) is 45.3 Å². The van der Waals surface area contributed by atoms with Crippen LogP contribution in [0.15, 0.2) is 121 Å². The molecule has 0 spiro atoms. The number of hydrogen-bond acceptors (Lipinski definition) is 4. The fraction of sp³-hybridized carbons (Fsp3) is 0. The highest BCUT2D eigenvalue weighted by molar-refractivity contribution is 6.11. The van der Waals surface area contributed by atoms with Crippen molar-refractivity contribution in [2.24, 2.45) is 0 Å². The lowest BCUT2D eigenvalue weighted by atomic mass is 9.95. The van der Waals surface area contributed by atoms with Gasteiger partial charge in [-0.15, -0.1) is 0 Å². The molecule has 46 heavy (non-hydrogen) atoms. The van der Waals surface area contributed by atoms with E-state index in [2.05, 4.69) is 33.4 Å². The molecule has 0 N–H and O–H groups in total. The van der Waals surface area contributed by atoms with Crippen LogP contribution in [0.3, 0.4) is 0 Å². The van der Waals surface area contributed by atoms with E-state index < -0.39 is 0 Å². The lowest BCUT2D eigenvalue weighted by molar-refractivity contribution is 1.17. The highest BCUT2D eigenvalue weighted by atomic mass is 15.0. The second-order valence-electron chi connectivity index (χ2n) is 11.1. The zero-order valence-corrected chi connectivity index (χ0v) is 24.2. The van der Waals surface area contributed by atoms with Gasteiger partial charge in [-0.2, -0.15) is 21.0 Å². The highest BCUT2D eigenvalue weighted by Gasteiger charge is 2.19. The molecule has 0 unspecified atom stereocenters. The van der Waals surface area contributed by atoms with E-state index in [9.17, 15) is 21.0 Å². The first-order valence-corrected chi connectivity index (χ1v) is 14.6. The molecule has 8 rings (SSSR count). The van der Waals surface area contributed by atoms with Crippen LogP contribution >= 0.6 is 0 Å². The maximum absolute atomic E-state index is 10.2. The van der Waals surface area contributed by atoms with Gasteiger partial charge in [-0.25, -0.2) is 0 Å². The van der Waals surface area contributed by atoms with E-state index in [-0.39, 0.29) is 0 Å². The molecule has 2 aromatic heterocycles. The minimum absolute atomic E-state index is 0.450. The SMILES string of the molecule is N#Cc1ccc2c(c1)c1ccccc1n2-c1ccc(C#N)c(-c2cc(-n3c4ccccc4c4cc(C#N)ccc43)ccc2C#N)c1. The first-order chi connectivity index (χ1) is 22.6. The van der Waals surface area contributed by atoms with Crippen molar-refractivity contribution in [3.05, 3.63) is 144 Å². The second kappa shape index (κ2) is 10.3. The molecule has 6 heteroatoms. The van der Waals surface area contributed by atoms with Crippen LogP contribution in [-0.2, 0) is 0 Å². The predicted octanol–water partition coefficient (Wildman–Crippen LogP) is 9.03. The fourth-order valence-corrected chi connectivity index (χ4v) is 6.62. The lowest BCUT2D eigenvalue weighted by Gasteiger charge is -2.15. The largest absolute Gasteiger partial charge is 0.309 e. The molecule has 0 amide bonds. The fourth-order valence-electron chi connectivity index (χ4n) is 6.62. The molecule has 8 aromatic rings. The summed E-state index contributed by atoms with van der Waals surface area (Å²) in [7, 11) is 0. The summed E-state index contributed by atoms with van der Waals surface area (Å²) in [5.74, 6) is 0. The average Bonchev–Trinajstić information content (AvgIpc) is 3.63. The Bertz CT molecular complexity index is 2560. The van der Waals surface area contributed by atoms with E-state index in [1.165, 1.54) is 0 Å². The molecule has 0 aliphatic heterocycles. The molecule has 0 aliphatic carbocycles. The summed E-state index contributed by atoms with van der Waals surface area (Å²) in [5, 5.41) is 43.6. The molecule has 0 atom stereocenters. The van der Waals surface area contributed by atoms with E-state index in [1.807, 2.05) is 109 Å². The first-order valence-electron chi connectivity index (χ1n) is 14.6. The van der Waals surface area contributed by atoms with Gasteiger partial charge in [0.15, 0.2) is 0 Å². The Kier molecular flexibility index (Phi) is 5.91. The zero-order valence-electron chi connectivity index (χ0n) is 24.2. The molecule has 0 fully saturated rings. The number of nitrogens with zero attached hydrogens (tertiary/aromatic N) is 6. The molecule has 0 saturated carbocycles. The number of fused-ring (bicyclic) bond motifs is 6. The Hall–Kier alpha value is -7.12. The summed E-state index contributed by atoms with van der Waals surface area (Å²) in [5.41, 5.74) is 8.84. The van der Waals surface area contributed by atoms with Crippen molar-refractivity contribution in [2.75, 3.05) is 0 Å². The second-order valence-corrected chi connectivity index (χ2v) is 11.1. The average molecular weight is 585 g/mol. The number of para-hydroxylation sites is 2. The van der Waals surface area contributed by atoms with Gasteiger partial charge in [0.2, 0.25) is 0 Å². The van der Waals surface area contributed by atoms with Crippen LogP contribution in [0.2, 0.25) is 0 Å². The molecule has 0 bridgehead atoms. The standard InChI is InChI=1S/C40H20N6/c41-21-25-9-15-39-35(17-25)31-5-1-3-7-37(31)45(39)29-13-11-27(23-43)33(19-29)34-20-30(14-12-28(34)24-44)46-38-8-4-2-6-32(38)36-18-26(22-42)10-16-40(36)46/h1-20H. The van der Waals surface area contributed by atoms with Crippen molar-refractivity contribution in [3.63, 3.8) is 0 Å². The van der Waals surface area contributed by atoms with Gasteiger partial charge in [0.05, 0.1) is 68.6 Å². The Morgan fingerprint density at radius 2 is 0.783 bits per heavy atom. The molecular weight excluding hydrogens is 564 g/mol. The summed E-state index contributed by atoms with van der Waals surface area (Å²) in [6, 6.07) is 48.0. The summed E-state index contributed by atoms with van der Waals surface area (Å²) in [4.78, 5) is 0. The first kappa shape index (κ1) is 26.5. The van der Waals surface area contributed by atoms with Crippen molar-refractivity contribution in [1.29, 1.82) is 21.0 Å². The van der Waals surface area contributed by atoms with Gasteiger partial charge >= 0.3 is 0 Å². The Morgan fingerprint density at radius 1 is 0.370 bits per heavy atom. The molecule has 210 valence electrons. The molecule has 6 nitrogen and oxygen atoms in total. The lowest BCUT2D eigenvalue weighted by Crippen LogP contribution is -1.99. The van der Waals surface area contributed by atoms with Gasteiger partial charge in [0, 0.05) is 44.0 Å². The predicted molar refractivity (Wildman–Crippen MR) is 179 cm³/mol. The molecule has 6 aromatic carbocycles. The third-order valence-electron chi connectivity index (χ3n) is 8.66. The summed E-state index contributed by atoms with van der Waals surface area (Å²) >= 11 is 0. The van der Waals surface area contributed by atoms with Crippen LogP contribution in [0.4, 0.5) is 0 Å². The van der Waals surface area contributed by atoms with Crippen molar-refractivity contribution in [1.82, 2.24) is 9.13 Å². The minimum Gasteiger partial charge on any atom is -0.309 e. The van der Waals surface area contributed by atoms with Crippen molar-refractivity contribution < 1.29 is 0 Å². The maximum Gasteiger partial charge on any atom is 0.0998 e. The van der Waals surface area contributed by atoms with Crippen LogP contribution in [0.1, 0.15) is 22.3 Å². The Morgan fingerprint density at radius 3 is 1.20 bits per heavy atom. The third-order valence-corrected chi connectivity index (χ3v) is 8.66. The monoisotopic (exact) mass is 584 g/mol. The van der Waals surface area contributed by atoms with Crippen molar-refractivity contribution in [3.8, 4) is 46.8 Å². The van der Waals surface area contributed by atoms with Crippen molar-refractivity contribution in [2.45, 2.75) is 0 Å². The molecular formula is C40H20N6. The van der Waals surface area contributed by atoms with Crippen molar-refractivity contribution >= 4 is 43.6 Å². The number of aromatic nitrogens is 2. The Balaban J connectivity index is 1.39. The number of benzene rings is 6. The van der Waals surface area contributed by atoms with E-state index in [0.717, 1.165) is 55.0 Å². The Labute approximate surface area is 263 Å². The molecule has 0 radical (unpaired) electrons. The molecule has 0 saturated heterocycles. The quantitative estimate of drug-likeness (QED) is 0.207. The van der Waals surface area contributed by atoms with E-state index in [0.29, 0.717) is 33.4 Å². The minimum atomic E-state index is 0.450. The topological polar surface area (TPSA) is 105 Å². The van der Waals surface area contributed by atoms with E-state index in [4.69, 9.17) is 0 Å². The summed E-state index contributed by atoms with van der Waals surface area (Å²) in [6.45, 7) is 0. The van der Waals surface area contributed by atoms with E-state index >= 15 is 0 Å². The maximum atomic E-state index is 10.2. The van der Waals surface area contributed by atoms with E-state index in [1.54, 1.807) is 12.1 Å². The van der Waals surface area contributed by atoms with Gasteiger partial charge in [-0.3, -0.25) is 0 Å². The van der Waals surface area contributed by atoms with Gasteiger partial charge in [0.25, 0.3) is 0 Å². The van der Waals surface area contributed by atoms with Gasteiger partial charge in [-0.1, -0.05) is 36.4 Å². The van der Waals surface area contributed by atoms with Crippen LogP contribution in [-0.4, -0.2) is 9.13 Å². The zero-order chi connectivity index (χ0) is 31.4. The van der Waals surface area contributed by atoms with Gasteiger partial charge in [0.1, 0.15) is 0 Å². The third kappa shape index (κ3) is 3.86. The van der Waals surface area contributed by atoms with Crippen LogP contribution in [0.25, 0.3) is 66.1 Å². The van der Waals surface area contributed by atoms with Crippen LogP contribution in [0.5, 0.6) is 0 Å². The smallest absolute Gasteiger partial charge is 0.0998 e. The van der Waals surface area contributed by atoms with Gasteiger partial charge < -0.3 is 9.13 Å².